The maximum atomic E-state index is 11.8. The minimum absolute atomic E-state index is 0. The van der Waals surface area contributed by atoms with Crippen molar-refractivity contribution in [2.75, 3.05) is 27.2 Å². The molecule has 0 heterocycles. The number of rotatable bonds is 8. The summed E-state index contributed by atoms with van der Waals surface area (Å²) < 4.78 is 5.87. The number of amides is 1. The molecule has 0 aliphatic heterocycles. The zero-order valence-corrected chi connectivity index (χ0v) is 20.2. The highest BCUT2D eigenvalue weighted by atomic mass is 127. The number of hydrogen-bond acceptors (Lipinski definition) is 3. The van der Waals surface area contributed by atoms with Crippen LogP contribution >= 0.6 is 24.0 Å². The quantitative estimate of drug-likeness (QED) is 0.178. The van der Waals surface area contributed by atoms with Gasteiger partial charge in [0.25, 0.3) is 5.91 Å². The second kappa shape index (κ2) is 12.8. The minimum Gasteiger partial charge on any atom is -0.494 e. The molecule has 0 aliphatic carbocycles. The van der Waals surface area contributed by atoms with Gasteiger partial charge in [-0.1, -0.05) is 42.5 Å². The Bertz CT molecular complexity index is 1020. The van der Waals surface area contributed by atoms with Gasteiger partial charge in [-0.15, -0.1) is 24.0 Å². The molecule has 0 atom stereocenters. The van der Waals surface area contributed by atoms with Crippen molar-refractivity contribution >= 4 is 46.6 Å². The van der Waals surface area contributed by atoms with E-state index in [9.17, 15) is 4.79 Å². The van der Waals surface area contributed by atoms with Crippen LogP contribution in [0, 0.1) is 0 Å². The Balaban J connectivity index is 0.00000341. The Morgan fingerprint density at radius 2 is 1.77 bits per heavy atom. The molecule has 31 heavy (non-hydrogen) atoms. The van der Waals surface area contributed by atoms with Crippen molar-refractivity contribution in [2.24, 2.45) is 4.99 Å². The number of fused-ring (bicyclic) bond motifs is 1. The third-order valence-corrected chi connectivity index (χ3v) is 4.70. The van der Waals surface area contributed by atoms with Gasteiger partial charge in [0.1, 0.15) is 5.75 Å². The number of nitrogens with zero attached hydrogens (tertiary/aromatic N) is 1. The average Bonchev–Trinajstić information content (AvgIpc) is 2.80. The summed E-state index contributed by atoms with van der Waals surface area (Å²) in [6.45, 7) is 1.94. The van der Waals surface area contributed by atoms with E-state index < -0.39 is 0 Å². The van der Waals surface area contributed by atoms with Crippen LogP contribution < -0.4 is 20.7 Å². The number of ether oxygens (including phenoxy) is 1. The van der Waals surface area contributed by atoms with Gasteiger partial charge in [-0.3, -0.25) is 9.79 Å². The molecule has 6 nitrogen and oxygen atoms in total. The van der Waals surface area contributed by atoms with Crippen LogP contribution in [0.3, 0.4) is 0 Å². The molecule has 0 saturated carbocycles. The molecule has 0 fully saturated rings. The summed E-state index contributed by atoms with van der Waals surface area (Å²) in [7, 11) is 3.37. The molecule has 0 aliphatic rings. The lowest BCUT2D eigenvalue weighted by Crippen LogP contribution is -2.37. The van der Waals surface area contributed by atoms with Crippen LogP contribution in [0.5, 0.6) is 5.75 Å². The first-order chi connectivity index (χ1) is 14.7. The SMILES string of the molecule is CN=C(NCCCOc1ccc2ccccc2c1)NCc1cccc(C(=O)NC)c1.I. The van der Waals surface area contributed by atoms with Crippen molar-refractivity contribution < 1.29 is 9.53 Å². The number of carbonyl (C=O) groups is 1. The number of halogens is 1. The van der Waals surface area contributed by atoms with Crippen molar-refractivity contribution in [3.63, 3.8) is 0 Å². The standard InChI is InChI=1S/C24H28N4O2.HI/c1-25-23(29)21-10-5-7-18(15-21)17-28-24(26-2)27-13-6-14-30-22-12-11-19-8-3-4-9-20(19)16-22;/h3-5,7-12,15-16H,6,13-14,17H2,1-2H3,(H,25,29)(H2,26,27,28);1H. The van der Waals surface area contributed by atoms with Gasteiger partial charge in [-0.25, -0.2) is 0 Å². The van der Waals surface area contributed by atoms with Crippen LogP contribution in [-0.4, -0.2) is 39.1 Å². The Hall–Kier alpha value is -2.81. The van der Waals surface area contributed by atoms with Gasteiger partial charge in [-0.2, -0.15) is 0 Å². The third-order valence-electron chi connectivity index (χ3n) is 4.70. The molecule has 0 aromatic heterocycles. The van der Waals surface area contributed by atoms with Crippen LogP contribution in [0.15, 0.2) is 71.7 Å². The fourth-order valence-corrected chi connectivity index (χ4v) is 3.10. The monoisotopic (exact) mass is 532 g/mol. The van der Waals surface area contributed by atoms with Crippen molar-refractivity contribution in [3.05, 3.63) is 77.9 Å². The van der Waals surface area contributed by atoms with Gasteiger partial charge in [0.05, 0.1) is 6.61 Å². The first-order valence-corrected chi connectivity index (χ1v) is 10.1. The molecular formula is C24H29IN4O2. The fourth-order valence-electron chi connectivity index (χ4n) is 3.10. The van der Waals surface area contributed by atoms with Gasteiger partial charge in [0, 0.05) is 32.7 Å². The first-order valence-electron chi connectivity index (χ1n) is 10.1. The smallest absolute Gasteiger partial charge is 0.251 e. The predicted octanol–water partition coefficient (Wildman–Crippen LogP) is 3.95. The van der Waals surface area contributed by atoms with Gasteiger partial charge in [-0.05, 0) is 47.0 Å². The molecule has 3 rings (SSSR count). The van der Waals surface area contributed by atoms with Crippen molar-refractivity contribution in [3.8, 4) is 5.75 Å². The van der Waals surface area contributed by atoms with E-state index in [4.69, 9.17) is 4.74 Å². The Morgan fingerprint density at radius 1 is 0.968 bits per heavy atom. The van der Waals surface area contributed by atoms with Gasteiger partial charge >= 0.3 is 0 Å². The molecular weight excluding hydrogens is 503 g/mol. The number of carbonyl (C=O) groups excluding carboxylic acids is 1. The van der Waals surface area contributed by atoms with Gasteiger partial charge in [0.15, 0.2) is 5.96 Å². The Labute approximate surface area is 200 Å². The molecule has 0 radical (unpaired) electrons. The Morgan fingerprint density at radius 3 is 2.55 bits per heavy atom. The van der Waals surface area contributed by atoms with Crippen LogP contribution in [0.4, 0.5) is 0 Å². The lowest BCUT2D eigenvalue weighted by molar-refractivity contribution is 0.0963. The number of nitrogens with one attached hydrogen (secondary N) is 3. The zero-order chi connectivity index (χ0) is 21.2. The summed E-state index contributed by atoms with van der Waals surface area (Å²) in [5, 5.41) is 11.6. The summed E-state index contributed by atoms with van der Waals surface area (Å²) in [6, 6.07) is 21.9. The molecule has 3 aromatic carbocycles. The fraction of sp³-hybridized carbons (Fsp3) is 0.250. The highest BCUT2D eigenvalue weighted by Crippen LogP contribution is 2.20. The highest BCUT2D eigenvalue weighted by molar-refractivity contribution is 14.0. The summed E-state index contributed by atoms with van der Waals surface area (Å²) >= 11 is 0. The third kappa shape index (κ3) is 7.43. The zero-order valence-electron chi connectivity index (χ0n) is 17.9. The normalized spacial score (nSPS) is 10.8. The van der Waals surface area contributed by atoms with E-state index >= 15 is 0 Å². The molecule has 1 amide bonds. The summed E-state index contributed by atoms with van der Waals surface area (Å²) in [6.07, 6.45) is 0.847. The van der Waals surface area contributed by atoms with E-state index in [0.29, 0.717) is 24.7 Å². The molecule has 3 aromatic rings. The molecule has 0 unspecified atom stereocenters. The second-order valence-electron chi connectivity index (χ2n) is 6.84. The maximum Gasteiger partial charge on any atom is 0.251 e. The first kappa shape index (κ1) is 24.5. The van der Waals surface area contributed by atoms with E-state index in [1.165, 1.54) is 10.8 Å². The molecule has 7 heteroatoms. The lowest BCUT2D eigenvalue weighted by atomic mass is 10.1. The van der Waals surface area contributed by atoms with Gasteiger partial charge in [0.2, 0.25) is 0 Å². The molecule has 164 valence electrons. The minimum atomic E-state index is -0.0919. The van der Waals surface area contributed by atoms with Crippen LogP contribution in [-0.2, 0) is 6.54 Å². The largest absolute Gasteiger partial charge is 0.494 e. The van der Waals surface area contributed by atoms with Crippen molar-refractivity contribution in [1.29, 1.82) is 0 Å². The van der Waals surface area contributed by atoms with Crippen LogP contribution in [0.25, 0.3) is 10.8 Å². The van der Waals surface area contributed by atoms with E-state index in [-0.39, 0.29) is 29.9 Å². The number of benzene rings is 3. The van der Waals surface area contributed by atoms with Crippen LogP contribution in [0.1, 0.15) is 22.3 Å². The topological polar surface area (TPSA) is 74.8 Å². The van der Waals surface area contributed by atoms with E-state index in [1.54, 1.807) is 20.2 Å². The number of guanidine groups is 1. The van der Waals surface area contributed by atoms with Crippen molar-refractivity contribution in [2.45, 2.75) is 13.0 Å². The van der Waals surface area contributed by atoms with Crippen LogP contribution in [0.2, 0.25) is 0 Å². The maximum absolute atomic E-state index is 11.8. The molecule has 0 bridgehead atoms. The molecule has 0 saturated heterocycles. The summed E-state index contributed by atoms with van der Waals surface area (Å²) in [5.41, 5.74) is 1.66. The van der Waals surface area contributed by atoms with Crippen molar-refractivity contribution in [1.82, 2.24) is 16.0 Å². The highest BCUT2D eigenvalue weighted by Gasteiger charge is 2.04. The lowest BCUT2D eigenvalue weighted by Gasteiger charge is -2.13. The summed E-state index contributed by atoms with van der Waals surface area (Å²) in [5.74, 6) is 1.50. The van der Waals surface area contributed by atoms with E-state index in [2.05, 4.69) is 45.2 Å². The van der Waals surface area contributed by atoms with E-state index in [0.717, 1.165) is 24.3 Å². The average molecular weight is 532 g/mol. The van der Waals surface area contributed by atoms with E-state index in [1.807, 2.05) is 36.4 Å². The predicted molar refractivity (Wildman–Crippen MR) is 138 cm³/mol. The molecule has 0 spiro atoms. The summed E-state index contributed by atoms with van der Waals surface area (Å²) in [4.78, 5) is 16.0. The second-order valence-corrected chi connectivity index (χ2v) is 6.84. The molecule has 3 N–H and O–H groups in total. The van der Waals surface area contributed by atoms with Gasteiger partial charge < -0.3 is 20.7 Å². The number of hydrogen-bond donors (Lipinski definition) is 3. The number of aliphatic imine (C=N–C) groups is 1. The Kier molecular flexibility index (Phi) is 10.1.